The van der Waals surface area contributed by atoms with Gasteiger partial charge in [0, 0.05) is 37.9 Å². The monoisotopic (exact) mass is 365 g/mol. The van der Waals surface area contributed by atoms with Crippen molar-refractivity contribution in [3.05, 3.63) is 46.3 Å². The molecule has 0 saturated carbocycles. The van der Waals surface area contributed by atoms with Crippen molar-refractivity contribution >= 4 is 38.1 Å². The first kappa shape index (κ1) is 15.4. The van der Waals surface area contributed by atoms with Gasteiger partial charge in [0.25, 0.3) is 10.0 Å². The molecule has 0 aliphatic carbocycles. The van der Waals surface area contributed by atoms with Crippen LogP contribution in [0.1, 0.15) is 0 Å². The molecule has 24 heavy (non-hydrogen) atoms. The first-order chi connectivity index (χ1) is 11.5. The fourth-order valence-electron chi connectivity index (χ4n) is 2.85. The van der Waals surface area contributed by atoms with Crippen LogP contribution >= 0.6 is 11.3 Å². The first-order valence-corrected chi connectivity index (χ1v) is 9.77. The van der Waals surface area contributed by atoms with Crippen LogP contribution < -0.4 is 10.7 Å². The maximum atomic E-state index is 12.5. The molecule has 9 heteroatoms. The number of oxazole rings is 1. The number of aromatic amines is 1. The predicted molar refractivity (Wildman–Crippen MR) is 92.1 cm³/mol. The number of nitrogens with one attached hydrogen (secondary N) is 1. The highest BCUT2D eigenvalue weighted by molar-refractivity contribution is 7.91. The minimum Gasteiger partial charge on any atom is -0.408 e. The number of sulfonamides is 1. The summed E-state index contributed by atoms with van der Waals surface area (Å²) in [5.74, 6) is -0.478. The van der Waals surface area contributed by atoms with Crippen molar-refractivity contribution in [3.8, 4) is 0 Å². The maximum Gasteiger partial charge on any atom is 0.417 e. The van der Waals surface area contributed by atoms with Crippen molar-refractivity contribution in [3.63, 3.8) is 0 Å². The third-order valence-electron chi connectivity index (χ3n) is 4.10. The Balaban J connectivity index is 1.52. The number of benzene rings is 1. The number of H-pyrrole nitrogens is 1. The van der Waals surface area contributed by atoms with Gasteiger partial charge in [-0.15, -0.1) is 11.3 Å². The second-order valence-electron chi connectivity index (χ2n) is 5.52. The zero-order chi connectivity index (χ0) is 16.7. The van der Waals surface area contributed by atoms with E-state index >= 15 is 0 Å². The van der Waals surface area contributed by atoms with Gasteiger partial charge in [0.15, 0.2) is 5.58 Å². The van der Waals surface area contributed by atoms with E-state index in [4.69, 9.17) is 4.42 Å². The number of rotatable bonds is 3. The van der Waals surface area contributed by atoms with Crippen LogP contribution in [-0.2, 0) is 10.0 Å². The van der Waals surface area contributed by atoms with Gasteiger partial charge in [-0.1, -0.05) is 6.07 Å². The average Bonchev–Trinajstić information content (AvgIpc) is 3.23. The second-order valence-corrected chi connectivity index (χ2v) is 8.63. The molecule has 1 N–H and O–H groups in total. The molecule has 0 amide bonds. The van der Waals surface area contributed by atoms with E-state index in [0.29, 0.717) is 41.5 Å². The van der Waals surface area contributed by atoms with Crippen LogP contribution in [0.5, 0.6) is 0 Å². The third-order valence-corrected chi connectivity index (χ3v) is 7.37. The van der Waals surface area contributed by atoms with Crippen LogP contribution in [0.4, 0.5) is 5.69 Å². The molecule has 1 saturated heterocycles. The molecule has 1 aliphatic rings. The van der Waals surface area contributed by atoms with E-state index in [-0.39, 0.29) is 0 Å². The third kappa shape index (κ3) is 2.64. The smallest absolute Gasteiger partial charge is 0.408 e. The largest absolute Gasteiger partial charge is 0.417 e. The predicted octanol–water partition coefficient (Wildman–Crippen LogP) is 1.69. The van der Waals surface area contributed by atoms with E-state index in [1.54, 1.807) is 29.6 Å². The summed E-state index contributed by atoms with van der Waals surface area (Å²) in [5.41, 5.74) is 2.08. The van der Waals surface area contributed by atoms with Crippen molar-refractivity contribution in [1.29, 1.82) is 0 Å². The highest BCUT2D eigenvalue weighted by Gasteiger charge is 2.29. The number of hydrogen-bond acceptors (Lipinski definition) is 6. The Hall–Kier alpha value is -2.10. The van der Waals surface area contributed by atoms with Crippen LogP contribution in [0.2, 0.25) is 0 Å². The fraction of sp³-hybridized carbons (Fsp3) is 0.267. The van der Waals surface area contributed by atoms with E-state index in [9.17, 15) is 13.2 Å². The summed E-state index contributed by atoms with van der Waals surface area (Å²) in [6.45, 7) is 2.03. The number of nitrogens with zero attached hydrogens (tertiary/aromatic N) is 2. The molecule has 0 atom stereocenters. The van der Waals surface area contributed by atoms with Crippen molar-refractivity contribution in [2.75, 3.05) is 31.1 Å². The number of thiophene rings is 1. The van der Waals surface area contributed by atoms with Gasteiger partial charge < -0.3 is 9.32 Å². The van der Waals surface area contributed by atoms with Crippen LogP contribution in [0.25, 0.3) is 11.1 Å². The molecule has 1 fully saturated rings. The normalized spacial score (nSPS) is 16.8. The number of hydrogen-bond donors (Lipinski definition) is 1. The molecule has 3 heterocycles. The second kappa shape index (κ2) is 5.76. The Kier molecular flexibility index (Phi) is 3.70. The molecule has 0 spiro atoms. The molecule has 1 aromatic carbocycles. The standard InChI is InChI=1S/C15H15N3O4S2/c19-15-16-12-4-3-11(10-13(12)22-15)17-5-7-18(8-6-17)24(20,21)14-2-1-9-23-14/h1-4,9-10H,5-8H2,(H,16,19). The summed E-state index contributed by atoms with van der Waals surface area (Å²) in [4.78, 5) is 15.9. The Morgan fingerprint density at radius 3 is 2.62 bits per heavy atom. The summed E-state index contributed by atoms with van der Waals surface area (Å²) in [6.07, 6.45) is 0. The zero-order valence-electron chi connectivity index (χ0n) is 12.6. The summed E-state index contributed by atoms with van der Waals surface area (Å²) < 4.78 is 32.0. The van der Waals surface area contributed by atoms with Gasteiger partial charge in [-0.2, -0.15) is 4.31 Å². The zero-order valence-corrected chi connectivity index (χ0v) is 14.3. The van der Waals surface area contributed by atoms with E-state index in [1.165, 1.54) is 15.6 Å². The number of fused-ring (bicyclic) bond motifs is 1. The van der Waals surface area contributed by atoms with Gasteiger partial charge in [-0.25, -0.2) is 13.2 Å². The lowest BCUT2D eigenvalue weighted by Gasteiger charge is -2.35. The van der Waals surface area contributed by atoms with Crippen LogP contribution in [0, 0.1) is 0 Å². The van der Waals surface area contributed by atoms with E-state index in [1.807, 2.05) is 6.07 Å². The van der Waals surface area contributed by atoms with Gasteiger partial charge in [-0.3, -0.25) is 4.98 Å². The Labute approximate surface area is 142 Å². The molecule has 0 unspecified atom stereocenters. The van der Waals surface area contributed by atoms with Crippen molar-refractivity contribution < 1.29 is 12.8 Å². The molecule has 3 aromatic rings. The minimum absolute atomic E-state index is 0.381. The van der Waals surface area contributed by atoms with Crippen LogP contribution in [0.3, 0.4) is 0 Å². The molecule has 2 aromatic heterocycles. The molecule has 1 aliphatic heterocycles. The lowest BCUT2D eigenvalue weighted by atomic mass is 10.2. The number of piperazine rings is 1. The van der Waals surface area contributed by atoms with Gasteiger partial charge >= 0.3 is 5.76 Å². The molecule has 4 rings (SSSR count). The van der Waals surface area contributed by atoms with E-state index < -0.39 is 15.8 Å². The average molecular weight is 365 g/mol. The number of aromatic nitrogens is 1. The topological polar surface area (TPSA) is 86.6 Å². The van der Waals surface area contributed by atoms with Gasteiger partial charge in [-0.05, 0) is 23.6 Å². The molecule has 7 nitrogen and oxygen atoms in total. The molecular weight excluding hydrogens is 350 g/mol. The van der Waals surface area contributed by atoms with Crippen LogP contribution in [0.15, 0.2) is 49.1 Å². The fourth-order valence-corrected chi connectivity index (χ4v) is 5.42. The highest BCUT2D eigenvalue weighted by atomic mass is 32.2. The van der Waals surface area contributed by atoms with Crippen LogP contribution in [-0.4, -0.2) is 43.9 Å². The van der Waals surface area contributed by atoms with Crippen molar-refractivity contribution in [2.45, 2.75) is 4.21 Å². The van der Waals surface area contributed by atoms with Gasteiger partial charge in [0.2, 0.25) is 0 Å². The highest BCUT2D eigenvalue weighted by Crippen LogP contribution is 2.25. The Morgan fingerprint density at radius 2 is 1.92 bits per heavy atom. The summed E-state index contributed by atoms with van der Waals surface area (Å²) in [5, 5.41) is 1.77. The first-order valence-electron chi connectivity index (χ1n) is 7.45. The maximum absolute atomic E-state index is 12.5. The van der Waals surface area contributed by atoms with E-state index in [0.717, 1.165) is 5.69 Å². The quantitative estimate of drug-likeness (QED) is 0.763. The molecular formula is C15H15N3O4S2. The molecule has 0 bridgehead atoms. The lowest BCUT2D eigenvalue weighted by molar-refractivity contribution is 0.386. The Bertz CT molecular complexity index is 1010. The van der Waals surface area contributed by atoms with Crippen molar-refractivity contribution in [1.82, 2.24) is 9.29 Å². The molecule has 126 valence electrons. The minimum atomic E-state index is -3.40. The van der Waals surface area contributed by atoms with Crippen molar-refractivity contribution in [2.24, 2.45) is 0 Å². The SMILES string of the molecule is O=c1[nH]c2ccc(N3CCN(S(=O)(=O)c4cccs4)CC3)cc2o1. The van der Waals surface area contributed by atoms with Gasteiger partial charge in [0.05, 0.1) is 5.52 Å². The Morgan fingerprint density at radius 1 is 1.12 bits per heavy atom. The number of anilines is 1. The summed E-state index contributed by atoms with van der Waals surface area (Å²) >= 11 is 1.24. The summed E-state index contributed by atoms with van der Waals surface area (Å²) in [7, 11) is -3.40. The lowest BCUT2D eigenvalue weighted by Crippen LogP contribution is -2.48. The van der Waals surface area contributed by atoms with E-state index in [2.05, 4.69) is 9.88 Å². The molecule has 0 radical (unpaired) electrons. The van der Waals surface area contributed by atoms with Gasteiger partial charge in [0.1, 0.15) is 4.21 Å². The summed E-state index contributed by atoms with van der Waals surface area (Å²) in [6, 6.07) is 8.88.